The van der Waals surface area contributed by atoms with E-state index in [1.807, 2.05) is 45.0 Å². The maximum atomic E-state index is 12.0. The van der Waals surface area contributed by atoms with Crippen LogP contribution in [0.3, 0.4) is 0 Å². The SMILES string of the molecule is CC(C)(C)C(=O)NC1CN(c2ncnc3ccccc23)C1. The van der Waals surface area contributed by atoms with Crippen LogP contribution in [0.25, 0.3) is 10.9 Å². The molecule has 1 saturated heterocycles. The maximum Gasteiger partial charge on any atom is 0.225 e. The van der Waals surface area contributed by atoms with Gasteiger partial charge in [0.2, 0.25) is 5.91 Å². The number of carbonyl (C=O) groups is 1. The Morgan fingerprint density at radius 2 is 1.95 bits per heavy atom. The Kier molecular flexibility index (Phi) is 3.27. The van der Waals surface area contributed by atoms with Gasteiger partial charge >= 0.3 is 0 Å². The zero-order valence-electron chi connectivity index (χ0n) is 12.6. The van der Waals surface area contributed by atoms with Crippen molar-refractivity contribution in [3.63, 3.8) is 0 Å². The maximum absolute atomic E-state index is 12.0. The standard InChI is InChI=1S/C16H20N4O/c1-16(2,3)15(21)19-11-8-20(9-11)14-12-6-4-5-7-13(12)17-10-18-14/h4-7,10-11H,8-9H2,1-3H3,(H,19,21). The first-order chi connectivity index (χ1) is 9.95. The highest BCUT2D eigenvalue weighted by molar-refractivity contribution is 5.89. The smallest absolute Gasteiger partial charge is 0.225 e. The van der Waals surface area contributed by atoms with Gasteiger partial charge in [-0.25, -0.2) is 9.97 Å². The lowest BCUT2D eigenvalue weighted by Crippen LogP contribution is -2.61. The fourth-order valence-electron chi connectivity index (χ4n) is 2.39. The quantitative estimate of drug-likeness (QED) is 0.916. The molecular formula is C16H20N4O. The zero-order valence-corrected chi connectivity index (χ0v) is 12.6. The number of amides is 1. The highest BCUT2D eigenvalue weighted by atomic mass is 16.2. The van der Waals surface area contributed by atoms with Crippen LogP contribution in [0.5, 0.6) is 0 Å². The largest absolute Gasteiger partial charge is 0.352 e. The van der Waals surface area contributed by atoms with E-state index in [1.54, 1.807) is 6.33 Å². The van der Waals surface area contributed by atoms with Crippen LogP contribution in [0.1, 0.15) is 20.8 Å². The number of carbonyl (C=O) groups excluding carboxylic acids is 1. The highest BCUT2D eigenvalue weighted by Crippen LogP contribution is 2.26. The summed E-state index contributed by atoms with van der Waals surface area (Å²) < 4.78 is 0. The molecule has 2 heterocycles. The number of aromatic nitrogens is 2. The molecule has 3 rings (SSSR count). The number of hydrogen-bond donors (Lipinski definition) is 1. The molecule has 2 aromatic rings. The van der Waals surface area contributed by atoms with Crippen LogP contribution in [0.15, 0.2) is 30.6 Å². The van der Waals surface area contributed by atoms with Crippen molar-refractivity contribution in [3.8, 4) is 0 Å². The van der Waals surface area contributed by atoms with E-state index in [0.717, 1.165) is 29.8 Å². The molecule has 5 nitrogen and oxygen atoms in total. The summed E-state index contributed by atoms with van der Waals surface area (Å²) in [6.07, 6.45) is 1.60. The van der Waals surface area contributed by atoms with Gasteiger partial charge in [-0.3, -0.25) is 4.79 Å². The average Bonchev–Trinajstić information content (AvgIpc) is 2.40. The molecule has 0 saturated carbocycles. The summed E-state index contributed by atoms with van der Waals surface area (Å²) >= 11 is 0. The van der Waals surface area contributed by atoms with Crippen molar-refractivity contribution in [2.75, 3.05) is 18.0 Å². The Bertz CT molecular complexity index is 666. The van der Waals surface area contributed by atoms with E-state index in [1.165, 1.54) is 0 Å². The molecule has 0 atom stereocenters. The second-order valence-corrected chi connectivity index (χ2v) is 6.54. The molecule has 1 aromatic carbocycles. The number of nitrogens with one attached hydrogen (secondary N) is 1. The summed E-state index contributed by atoms with van der Waals surface area (Å²) in [7, 11) is 0. The van der Waals surface area contributed by atoms with E-state index >= 15 is 0 Å². The molecule has 1 N–H and O–H groups in total. The number of anilines is 1. The zero-order chi connectivity index (χ0) is 15.0. The summed E-state index contributed by atoms with van der Waals surface area (Å²) in [5.41, 5.74) is 0.604. The Morgan fingerprint density at radius 3 is 2.67 bits per heavy atom. The summed E-state index contributed by atoms with van der Waals surface area (Å²) in [5, 5.41) is 4.14. The molecule has 5 heteroatoms. The number of para-hydroxylation sites is 1. The van der Waals surface area contributed by atoms with Crippen molar-refractivity contribution >= 4 is 22.6 Å². The van der Waals surface area contributed by atoms with Crippen LogP contribution in [0.4, 0.5) is 5.82 Å². The van der Waals surface area contributed by atoms with Gasteiger partial charge in [-0.2, -0.15) is 0 Å². The lowest BCUT2D eigenvalue weighted by Gasteiger charge is -2.41. The van der Waals surface area contributed by atoms with E-state index in [9.17, 15) is 4.79 Å². The van der Waals surface area contributed by atoms with Crippen LogP contribution in [0, 0.1) is 5.41 Å². The first-order valence-corrected chi connectivity index (χ1v) is 7.21. The number of benzene rings is 1. The van der Waals surface area contributed by atoms with Crippen molar-refractivity contribution in [3.05, 3.63) is 30.6 Å². The molecule has 1 aromatic heterocycles. The molecule has 0 radical (unpaired) electrons. The van der Waals surface area contributed by atoms with Gasteiger partial charge in [0.05, 0.1) is 11.6 Å². The van der Waals surface area contributed by atoms with Gasteiger partial charge in [-0.15, -0.1) is 0 Å². The van der Waals surface area contributed by atoms with E-state index < -0.39 is 0 Å². The fraction of sp³-hybridized carbons (Fsp3) is 0.438. The monoisotopic (exact) mass is 284 g/mol. The van der Waals surface area contributed by atoms with E-state index in [-0.39, 0.29) is 17.4 Å². The van der Waals surface area contributed by atoms with Gasteiger partial charge in [-0.05, 0) is 12.1 Å². The molecule has 1 aliphatic rings. The summed E-state index contributed by atoms with van der Waals surface area (Å²) in [6, 6.07) is 8.19. The molecule has 0 unspecified atom stereocenters. The third kappa shape index (κ3) is 2.68. The van der Waals surface area contributed by atoms with E-state index in [4.69, 9.17) is 0 Å². The van der Waals surface area contributed by atoms with Crippen LogP contribution in [-0.4, -0.2) is 35.0 Å². The molecule has 1 fully saturated rings. The van der Waals surface area contributed by atoms with Crippen molar-refractivity contribution in [2.24, 2.45) is 5.41 Å². The predicted molar refractivity (Wildman–Crippen MR) is 83.1 cm³/mol. The topological polar surface area (TPSA) is 58.1 Å². The van der Waals surface area contributed by atoms with Gasteiger partial charge in [0, 0.05) is 23.9 Å². The minimum atomic E-state index is -0.345. The number of hydrogen-bond acceptors (Lipinski definition) is 4. The van der Waals surface area contributed by atoms with Crippen LogP contribution in [-0.2, 0) is 4.79 Å². The Morgan fingerprint density at radius 1 is 1.24 bits per heavy atom. The average molecular weight is 284 g/mol. The first kappa shape index (κ1) is 13.8. The molecule has 1 amide bonds. The minimum absolute atomic E-state index is 0.0969. The molecule has 0 bridgehead atoms. The third-order valence-corrected chi connectivity index (χ3v) is 3.72. The van der Waals surface area contributed by atoms with Crippen molar-refractivity contribution in [2.45, 2.75) is 26.8 Å². The van der Waals surface area contributed by atoms with Crippen molar-refractivity contribution < 1.29 is 4.79 Å². The van der Waals surface area contributed by atoms with Crippen LogP contribution < -0.4 is 10.2 Å². The Hall–Kier alpha value is -2.17. The van der Waals surface area contributed by atoms with Crippen LogP contribution >= 0.6 is 0 Å². The van der Waals surface area contributed by atoms with Gasteiger partial charge in [-0.1, -0.05) is 32.9 Å². The van der Waals surface area contributed by atoms with Gasteiger partial charge < -0.3 is 10.2 Å². The molecule has 21 heavy (non-hydrogen) atoms. The van der Waals surface area contributed by atoms with Gasteiger partial charge in [0.25, 0.3) is 0 Å². The van der Waals surface area contributed by atoms with Gasteiger partial charge in [0.15, 0.2) is 0 Å². The number of rotatable bonds is 2. The molecular weight excluding hydrogens is 264 g/mol. The number of nitrogens with zero attached hydrogens (tertiary/aromatic N) is 3. The summed E-state index contributed by atoms with van der Waals surface area (Å²) in [6.45, 7) is 7.37. The van der Waals surface area contributed by atoms with E-state index in [0.29, 0.717) is 0 Å². The fourth-order valence-corrected chi connectivity index (χ4v) is 2.39. The molecule has 0 spiro atoms. The van der Waals surface area contributed by atoms with E-state index in [2.05, 4.69) is 20.2 Å². The molecule has 110 valence electrons. The van der Waals surface area contributed by atoms with Crippen molar-refractivity contribution in [1.29, 1.82) is 0 Å². The second-order valence-electron chi connectivity index (χ2n) is 6.54. The lowest BCUT2D eigenvalue weighted by molar-refractivity contribution is -0.129. The normalized spacial score (nSPS) is 15.9. The predicted octanol–water partition coefficient (Wildman–Crippen LogP) is 1.98. The molecule has 1 aliphatic heterocycles. The summed E-state index contributed by atoms with van der Waals surface area (Å²) in [4.78, 5) is 22.8. The van der Waals surface area contributed by atoms with Gasteiger partial charge in [0.1, 0.15) is 12.1 Å². The minimum Gasteiger partial charge on any atom is -0.352 e. The first-order valence-electron chi connectivity index (χ1n) is 7.21. The Balaban J connectivity index is 1.70. The number of fused-ring (bicyclic) bond motifs is 1. The van der Waals surface area contributed by atoms with Crippen LogP contribution in [0.2, 0.25) is 0 Å². The molecule has 0 aliphatic carbocycles. The lowest BCUT2D eigenvalue weighted by atomic mass is 9.94. The van der Waals surface area contributed by atoms with Crippen molar-refractivity contribution in [1.82, 2.24) is 15.3 Å². The highest BCUT2D eigenvalue weighted by Gasteiger charge is 2.32. The summed E-state index contributed by atoms with van der Waals surface area (Å²) in [5.74, 6) is 1.04. The third-order valence-electron chi connectivity index (χ3n) is 3.72. The Labute approximate surface area is 124 Å². The second kappa shape index (κ2) is 4.98.